The fourth-order valence-corrected chi connectivity index (χ4v) is 2.38. The Labute approximate surface area is 101 Å². The van der Waals surface area contributed by atoms with Crippen LogP contribution in [-0.4, -0.2) is 52.6 Å². The molecule has 0 radical (unpaired) electrons. The van der Waals surface area contributed by atoms with Crippen molar-refractivity contribution in [2.75, 3.05) is 19.6 Å². The molecule has 2 heterocycles. The Morgan fingerprint density at radius 2 is 2.18 bits per heavy atom. The third-order valence-electron chi connectivity index (χ3n) is 3.49. The van der Waals surface area contributed by atoms with Crippen molar-refractivity contribution in [2.45, 2.75) is 32.2 Å². The van der Waals surface area contributed by atoms with E-state index in [1.54, 1.807) is 4.90 Å². The van der Waals surface area contributed by atoms with E-state index in [1.165, 1.54) is 10.5 Å². The van der Waals surface area contributed by atoms with Gasteiger partial charge in [-0.15, -0.1) is 0 Å². The Balaban J connectivity index is 2.02. The predicted octanol–water partition coefficient (Wildman–Crippen LogP) is 1.31. The molecule has 1 saturated heterocycles. The first-order chi connectivity index (χ1) is 8.09. The molecule has 0 aromatic carbocycles. The van der Waals surface area contributed by atoms with E-state index in [9.17, 15) is 9.59 Å². The Kier molecular flexibility index (Phi) is 3.36. The van der Waals surface area contributed by atoms with Crippen molar-refractivity contribution in [3.8, 4) is 0 Å². The van der Waals surface area contributed by atoms with Crippen molar-refractivity contribution in [1.29, 1.82) is 0 Å². The molecule has 1 atom stereocenters. The van der Waals surface area contributed by atoms with Crippen molar-refractivity contribution in [3.63, 3.8) is 0 Å². The number of nitrogens with zero attached hydrogens (tertiary/aromatic N) is 2. The lowest BCUT2D eigenvalue weighted by molar-refractivity contribution is -0.141. The molecule has 1 unspecified atom stereocenters. The number of aliphatic carboxylic acids is 1. The van der Waals surface area contributed by atoms with E-state index >= 15 is 0 Å². The number of amides is 2. The molecule has 0 bridgehead atoms. The van der Waals surface area contributed by atoms with Crippen molar-refractivity contribution in [2.24, 2.45) is 0 Å². The van der Waals surface area contributed by atoms with Crippen molar-refractivity contribution < 1.29 is 14.7 Å². The minimum Gasteiger partial charge on any atom is -0.480 e. The largest absolute Gasteiger partial charge is 0.480 e. The van der Waals surface area contributed by atoms with E-state index in [2.05, 4.69) is 6.92 Å². The molecular formula is C12H18N2O3. The van der Waals surface area contributed by atoms with E-state index in [1.807, 2.05) is 6.08 Å². The summed E-state index contributed by atoms with van der Waals surface area (Å²) in [7, 11) is 0. The molecule has 2 aliphatic heterocycles. The summed E-state index contributed by atoms with van der Waals surface area (Å²) in [5.74, 6) is -0.889. The van der Waals surface area contributed by atoms with Gasteiger partial charge in [0.05, 0.1) is 0 Å². The van der Waals surface area contributed by atoms with Crippen molar-refractivity contribution >= 4 is 12.0 Å². The van der Waals surface area contributed by atoms with Crippen LogP contribution in [-0.2, 0) is 4.79 Å². The number of hydrogen-bond acceptors (Lipinski definition) is 2. The molecule has 5 nitrogen and oxygen atoms in total. The molecule has 0 aliphatic carbocycles. The minimum atomic E-state index is -0.889. The van der Waals surface area contributed by atoms with Gasteiger partial charge in [-0.25, -0.2) is 9.59 Å². The number of carbonyl (C=O) groups is 2. The number of carbonyl (C=O) groups excluding carboxylic acids is 1. The Hall–Kier alpha value is -1.52. The number of carboxylic acid groups (broad SMARTS) is 1. The molecule has 94 valence electrons. The maximum Gasteiger partial charge on any atom is 0.326 e. The third-order valence-corrected chi connectivity index (χ3v) is 3.49. The lowest BCUT2D eigenvalue weighted by atomic mass is 10.1. The molecule has 1 fully saturated rings. The predicted molar refractivity (Wildman–Crippen MR) is 62.7 cm³/mol. The average Bonchev–Trinajstić information content (AvgIpc) is 2.78. The Morgan fingerprint density at radius 3 is 2.76 bits per heavy atom. The highest BCUT2D eigenvalue weighted by Gasteiger charge is 2.36. The normalized spacial score (nSPS) is 24.8. The minimum absolute atomic E-state index is 0.126. The smallest absolute Gasteiger partial charge is 0.326 e. The molecule has 2 aliphatic rings. The van der Waals surface area contributed by atoms with Gasteiger partial charge in [-0.1, -0.05) is 11.6 Å². The van der Waals surface area contributed by atoms with E-state index in [0.29, 0.717) is 26.1 Å². The first-order valence-corrected chi connectivity index (χ1v) is 6.03. The summed E-state index contributed by atoms with van der Waals surface area (Å²) < 4.78 is 0. The van der Waals surface area contributed by atoms with Crippen LogP contribution in [0.1, 0.15) is 26.2 Å². The van der Waals surface area contributed by atoms with Gasteiger partial charge in [-0.2, -0.15) is 0 Å². The van der Waals surface area contributed by atoms with Gasteiger partial charge in [0.2, 0.25) is 0 Å². The van der Waals surface area contributed by atoms with E-state index in [4.69, 9.17) is 5.11 Å². The van der Waals surface area contributed by atoms with Gasteiger partial charge in [-0.05, 0) is 26.2 Å². The topological polar surface area (TPSA) is 60.9 Å². The molecule has 0 saturated carbocycles. The molecular weight excluding hydrogens is 220 g/mol. The van der Waals surface area contributed by atoms with Gasteiger partial charge in [0.15, 0.2) is 0 Å². The second kappa shape index (κ2) is 4.77. The summed E-state index contributed by atoms with van der Waals surface area (Å²) in [6, 6.07) is -0.756. The number of carboxylic acids is 1. The van der Waals surface area contributed by atoms with Crippen molar-refractivity contribution in [3.05, 3.63) is 11.6 Å². The average molecular weight is 238 g/mol. The zero-order valence-corrected chi connectivity index (χ0v) is 10.1. The highest BCUT2D eigenvalue weighted by molar-refractivity contribution is 5.83. The molecule has 1 N–H and O–H groups in total. The molecule has 0 aromatic heterocycles. The van der Waals surface area contributed by atoms with Gasteiger partial charge in [0, 0.05) is 19.6 Å². The summed E-state index contributed by atoms with van der Waals surface area (Å²) in [6.45, 7) is 3.92. The number of likely N-dealkylation sites (tertiary alicyclic amines) is 1. The Morgan fingerprint density at radius 1 is 1.41 bits per heavy atom. The van der Waals surface area contributed by atoms with Crippen LogP contribution in [0.2, 0.25) is 0 Å². The third kappa shape index (κ3) is 2.43. The molecule has 2 rings (SSSR count). The van der Waals surface area contributed by atoms with Crippen LogP contribution in [0.15, 0.2) is 11.6 Å². The summed E-state index contributed by atoms with van der Waals surface area (Å²) >= 11 is 0. The van der Waals surface area contributed by atoms with E-state index in [-0.39, 0.29) is 6.03 Å². The molecule has 0 aromatic rings. The van der Waals surface area contributed by atoms with Crippen LogP contribution in [0.25, 0.3) is 0 Å². The first kappa shape index (κ1) is 12.0. The maximum atomic E-state index is 12.2. The SMILES string of the molecule is CC1=CCN(C(=O)N2CCCC2C(=O)O)CC1. The van der Waals surface area contributed by atoms with Crippen LogP contribution in [0.4, 0.5) is 4.79 Å². The quantitative estimate of drug-likeness (QED) is 0.701. The number of hydrogen-bond donors (Lipinski definition) is 1. The van der Waals surface area contributed by atoms with Gasteiger partial charge >= 0.3 is 12.0 Å². The summed E-state index contributed by atoms with van der Waals surface area (Å²) in [4.78, 5) is 26.4. The molecule has 0 spiro atoms. The molecule has 5 heteroatoms. The second-order valence-electron chi connectivity index (χ2n) is 4.72. The number of rotatable bonds is 1. The number of urea groups is 1. The van der Waals surface area contributed by atoms with Gasteiger partial charge < -0.3 is 14.9 Å². The maximum absolute atomic E-state index is 12.2. The standard InChI is InChI=1S/C12H18N2O3/c1-9-4-7-13(8-5-9)12(17)14-6-2-3-10(14)11(15)16/h4,10H,2-3,5-8H2,1H3,(H,15,16). The van der Waals surface area contributed by atoms with E-state index in [0.717, 1.165) is 12.8 Å². The van der Waals surface area contributed by atoms with Crippen LogP contribution in [0, 0.1) is 0 Å². The second-order valence-corrected chi connectivity index (χ2v) is 4.72. The fourth-order valence-electron chi connectivity index (χ4n) is 2.38. The zero-order chi connectivity index (χ0) is 12.4. The highest BCUT2D eigenvalue weighted by atomic mass is 16.4. The van der Waals surface area contributed by atoms with Crippen LogP contribution < -0.4 is 0 Å². The fraction of sp³-hybridized carbons (Fsp3) is 0.667. The molecule has 2 amide bonds. The van der Waals surface area contributed by atoms with Gasteiger partial charge in [0.25, 0.3) is 0 Å². The summed E-state index contributed by atoms with van der Waals surface area (Å²) in [5.41, 5.74) is 1.30. The van der Waals surface area contributed by atoms with Crippen LogP contribution in [0.5, 0.6) is 0 Å². The molecule has 17 heavy (non-hydrogen) atoms. The summed E-state index contributed by atoms with van der Waals surface area (Å²) in [5, 5.41) is 9.05. The lowest BCUT2D eigenvalue weighted by Crippen LogP contribution is -2.49. The van der Waals surface area contributed by atoms with Crippen molar-refractivity contribution in [1.82, 2.24) is 9.80 Å². The summed E-state index contributed by atoms with van der Waals surface area (Å²) in [6.07, 6.45) is 4.28. The first-order valence-electron chi connectivity index (χ1n) is 6.03. The zero-order valence-electron chi connectivity index (χ0n) is 10.1. The van der Waals surface area contributed by atoms with Gasteiger partial charge in [0.1, 0.15) is 6.04 Å². The monoisotopic (exact) mass is 238 g/mol. The highest BCUT2D eigenvalue weighted by Crippen LogP contribution is 2.21. The van der Waals surface area contributed by atoms with E-state index < -0.39 is 12.0 Å². The van der Waals surface area contributed by atoms with Crippen LogP contribution >= 0.6 is 0 Å². The van der Waals surface area contributed by atoms with Gasteiger partial charge in [-0.3, -0.25) is 0 Å². The van der Waals surface area contributed by atoms with Crippen LogP contribution in [0.3, 0.4) is 0 Å². The Bertz CT molecular complexity index is 365. The lowest BCUT2D eigenvalue weighted by Gasteiger charge is -2.31.